The molecule has 3 fully saturated rings. The summed E-state index contributed by atoms with van der Waals surface area (Å²) in [5.41, 5.74) is 1.63. The number of likely N-dealkylation sites (tertiary alicyclic amines) is 1. The van der Waals surface area contributed by atoms with Crippen LogP contribution in [0.2, 0.25) is 0 Å². The maximum atomic E-state index is 13.1. The molecule has 34 heavy (non-hydrogen) atoms. The van der Waals surface area contributed by atoms with Crippen molar-refractivity contribution in [3.63, 3.8) is 0 Å². The number of hydrogen-bond donors (Lipinski definition) is 0. The molecule has 4 rings (SSSR count). The minimum absolute atomic E-state index is 0.111. The molecule has 0 unspecified atom stereocenters. The monoisotopic (exact) mass is 585 g/mol. The number of benzene rings is 1. The first-order chi connectivity index (χ1) is 16.1. The summed E-state index contributed by atoms with van der Waals surface area (Å²) in [6.07, 6.45) is 7.15. The number of nitrogens with zero attached hydrogens (tertiary/aromatic N) is 1. The van der Waals surface area contributed by atoms with E-state index in [0.717, 1.165) is 72.1 Å². The Labute approximate surface area is 220 Å². The predicted octanol–water partition coefficient (Wildman–Crippen LogP) is 6.58. The zero-order chi connectivity index (χ0) is 24.9. The largest absolute Gasteiger partial charge is 0.491 e. The number of carbonyl (C=O) groups excluding carboxylic acids is 1. The van der Waals surface area contributed by atoms with Crippen LogP contribution in [0.5, 0.6) is 5.75 Å². The van der Waals surface area contributed by atoms with Crippen LogP contribution in [0.25, 0.3) is 0 Å². The first-order valence-electron chi connectivity index (χ1n) is 13.1. The van der Waals surface area contributed by atoms with Crippen LogP contribution in [-0.4, -0.2) is 58.3 Å². The van der Waals surface area contributed by atoms with Gasteiger partial charge in [-0.15, -0.1) is 0 Å². The number of alkyl halides is 1. The number of halogens is 1. The van der Waals surface area contributed by atoms with Crippen LogP contribution < -0.4 is 4.74 Å². The molecule has 1 aliphatic carbocycles. The quantitative estimate of drug-likeness (QED) is 0.280. The van der Waals surface area contributed by atoms with Crippen molar-refractivity contribution in [1.82, 2.24) is 4.90 Å². The van der Waals surface area contributed by atoms with Crippen LogP contribution >= 0.6 is 22.6 Å². The number of rotatable bonds is 6. The van der Waals surface area contributed by atoms with Crippen LogP contribution in [0.15, 0.2) is 18.2 Å². The van der Waals surface area contributed by atoms with Gasteiger partial charge in [-0.2, -0.15) is 0 Å². The number of amides is 1. The Morgan fingerprint density at radius 1 is 1.21 bits per heavy atom. The second-order valence-electron chi connectivity index (χ2n) is 10.6. The van der Waals surface area contributed by atoms with Crippen LogP contribution in [0, 0.1) is 12.8 Å². The highest BCUT2D eigenvalue weighted by atomic mass is 127. The molecule has 192 valence electrons. The maximum absolute atomic E-state index is 13.1. The lowest BCUT2D eigenvalue weighted by atomic mass is 9.81. The molecule has 2 heterocycles. The van der Waals surface area contributed by atoms with Gasteiger partial charge in [0.15, 0.2) is 0 Å². The highest BCUT2D eigenvalue weighted by Crippen LogP contribution is 2.46. The van der Waals surface area contributed by atoms with Gasteiger partial charge in [0.2, 0.25) is 0 Å². The fraction of sp³-hybridized carbons (Fsp3) is 0.750. The molecule has 1 aromatic carbocycles. The highest BCUT2D eigenvalue weighted by molar-refractivity contribution is 14.1. The number of hydrogen-bond acceptors (Lipinski definition) is 4. The van der Waals surface area contributed by atoms with Gasteiger partial charge < -0.3 is 19.1 Å². The minimum atomic E-state index is -0.118. The number of aryl methyl sites for hydroxylation is 1. The Morgan fingerprint density at radius 2 is 1.85 bits per heavy atom. The van der Waals surface area contributed by atoms with E-state index < -0.39 is 0 Å². The first kappa shape index (κ1) is 27.7. The van der Waals surface area contributed by atoms with Crippen molar-refractivity contribution in [3.8, 4) is 5.75 Å². The molecular weight excluding hydrogens is 541 g/mol. The fourth-order valence-corrected chi connectivity index (χ4v) is 5.08. The molecule has 6 heteroatoms. The third kappa shape index (κ3) is 7.82. The van der Waals surface area contributed by atoms with Gasteiger partial charge in [-0.1, -0.05) is 36.4 Å². The van der Waals surface area contributed by atoms with Gasteiger partial charge >= 0.3 is 0 Å². The van der Waals surface area contributed by atoms with E-state index in [1.165, 1.54) is 12.8 Å². The summed E-state index contributed by atoms with van der Waals surface area (Å²) in [4.78, 5) is 15.1. The number of carbonyl (C=O) groups is 1. The Hall–Kier alpha value is -0.860. The lowest BCUT2D eigenvalue weighted by Gasteiger charge is -2.49. The van der Waals surface area contributed by atoms with Crippen LogP contribution in [0.4, 0.5) is 0 Å². The van der Waals surface area contributed by atoms with E-state index in [-0.39, 0.29) is 17.6 Å². The third-order valence-electron chi connectivity index (χ3n) is 6.79. The standard InChI is InChI=1S/C25H37NO4.C3H7I/c1-5-28-21-15-23(19-6-7-19)30-25(16-21)10-12-26(13-11-25)24(27)20-8-9-22(18(4)14-20)29-17(2)3;1-3(2)4/h8-9,14,17,19,21,23H,5-7,10-13,15-16H2,1-4H3;3H,1-2H3/t21-,23-;/m1./s1. The van der Waals surface area contributed by atoms with Crippen molar-refractivity contribution in [1.29, 1.82) is 0 Å². The van der Waals surface area contributed by atoms with E-state index >= 15 is 0 Å². The van der Waals surface area contributed by atoms with Crippen molar-refractivity contribution in [2.45, 2.75) is 108 Å². The average molecular weight is 586 g/mol. The predicted molar refractivity (Wildman–Crippen MR) is 146 cm³/mol. The average Bonchev–Trinajstić information content (AvgIpc) is 3.60. The van der Waals surface area contributed by atoms with Crippen molar-refractivity contribution < 1.29 is 19.0 Å². The summed E-state index contributed by atoms with van der Waals surface area (Å²) < 4.78 is 19.3. The summed E-state index contributed by atoms with van der Waals surface area (Å²) >= 11 is 2.34. The summed E-state index contributed by atoms with van der Waals surface area (Å²) in [6.45, 7) is 14.7. The van der Waals surface area contributed by atoms with E-state index in [2.05, 4.69) is 43.4 Å². The molecule has 0 bridgehead atoms. The zero-order valence-electron chi connectivity index (χ0n) is 21.9. The van der Waals surface area contributed by atoms with Gasteiger partial charge in [-0.05, 0) is 83.1 Å². The Balaban J connectivity index is 0.000000751. The van der Waals surface area contributed by atoms with Gasteiger partial charge in [0.25, 0.3) is 5.91 Å². The van der Waals surface area contributed by atoms with E-state index in [1.54, 1.807) is 0 Å². The minimum Gasteiger partial charge on any atom is -0.491 e. The summed E-state index contributed by atoms with van der Waals surface area (Å²) in [5.74, 6) is 1.68. The molecule has 2 aliphatic heterocycles. The summed E-state index contributed by atoms with van der Waals surface area (Å²) in [6, 6.07) is 5.77. The summed E-state index contributed by atoms with van der Waals surface area (Å²) in [5, 5.41) is 0. The molecule has 1 saturated carbocycles. The Bertz CT molecular complexity index is 797. The second-order valence-corrected chi connectivity index (χ2v) is 13.1. The van der Waals surface area contributed by atoms with Crippen LogP contribution in [-0.2, 0) is 9.47 Å². The molecular formula is C28H44INO4. The van der Waals surface area contributed by atoms with Crippen LogP contribution in [0.3, 0.4) is 0 Å². The second kappa shape index (κ2) is 12.4. The lowest BCUT2D eigenvalue weighted by molar-refractivity contribution is -0.193. The van der Waals surface area contributed by atoms with Gasteiger partial charge in [0.1, 0.15) is 5.75 Å². The lowest BCUT2D eigenvalue weighted by Crippen LogP contribution is -2.54. The molecule has 1 amide bonds. The molecule has 2 atom stereocenters. The maximum Gasteiger partial charge on any atom is 0.253 e. The molecule has 3 aliphatic rings. The molecule has 5 nitrogen and oxygen atoms in total. The normalized spacial score (nSPS) is 24.2. The number of piperidine rings is 1. The van der Waals surface area contributed by atoms with E-state index in [9.17, 15) is 4.79 Å². The third-order valence-corrected chi connectivity index (χ3v) is 6.79. The molecule has 0 aromatic heterocycles. The highest BCUT2D eigenvalue weighted by Gasteiger charge is 2.48. The van der Waals surface area contributed by atoms with Gasteiger partial charge in [-0.25, -0.2) is 0 Å². The van der Waals surface area contributed by atoms with Crippen molar-refractivity contribution in [2.75, 3.05) is 19.7 Å². The number of ether oxygens (including phenoxy) is 3. The van der Waals surface area contributed by atoms with Gasteiger partial charge in [0, 0.05) is 42.0 Å². The first-order valence-corrected chi connectivity index (χ1v) is 14.4. The van der Waals surface area contributed by atoms with Gasteiger partial charge in [-0.3, -0.25) is 4.79 Å². The van der Waals surface area contributed by atoms with E-state index in [1.807, 2.05) is 43.9 Å². The molecule has 1 aromatic rings. The van der Waals surface area contributed by atoms with Crippen molar-refractivity contribution in [3.05, 3.63) is 29.3 Å². The van der Waals surface area contributed by atoms with E-state index in [4.69, 9.17) is 14.2 Å². The van der Waals surface area contributed by atoms with Crippen molar-refractivity contribution >= 4 is 28.5 Å². The molecule has 1 spiro atoms. The van der Waals surface area contributed by atoms with Crippen LogP contribution in [0.1, 0.15) is 89.1 Å². The molecule has 2 saturated heterocycles. The Morgan fingerprint density at radius 3 is 2.38 bits per heavy atom. The van der Waals surface area contributed by atoms with E-state index in [0.29, 0.717) is 12.2 Å². The zero-order valence-corrected chi connectivity index (χ0v) is 24.1. The topological polar surface area (TPSA) is 48.0 Å². The van der Waals surface area contributed by atoms with Gasteiger partial charge in [0.05, 0.1) is 23.9 Å². The SMILES string of the molecule is CC(C)I.CCO[C@@H]1C[C@H](C2CC2)OC2(CCN(C(=O)c3ccc(OC(C)C)c(C)c3)CC2)C1. The Kier molecular flexibility index (Phi) is 10.1. The fourth-order valence-electron chi connectivity index (χ4n) is 5.08. The smallest absolute Gasteiger partial charge is 0.253 e. The molecule has 0 N–H and O–H groups in total. The molecule has 0 radical (unpaired) electrons. The van der Waals surface area contributed by atoms with Crippen molar-refractivity contribution in [2.24, 2.45) is 5.92 Å². The summed E-state index contributed by atoms with van der Waals surface area (Å²) in [7, 11) is 0.